The van der Waals surface area contributed by atoms with Crippen LogP contribution in [0.2, 0.25) is 0 Å². The van der Waals surface area contributed by atoms with Gasteiger partial charge in [-0.2, -0.15) is 0 Å². The van der Waals surface area contributed by atoms with Gasteiger partial charge < -0.3 is 14.6 Å². The van der Waals surface area contributed by atoms with Crippen LogP contribution in [0.4, 0.5) is 0 Å². The van der Waals surface area contributed by atoms with E-state index in [0.29, 0.717) is 19.3 Å². The Morgan fingerprint density at radius 2 is 2.24 bits per heavy atom. The third kappa shape index (κ3) is 5.30. The molecule has 1 fully saturated rings. The molecule has 0 aliphatic carbocycles. The van der Waals surface area contributed by atoms with Crippen LogP contribution in [0.3, 0.4) is 0 Å². The van der Waals surface area contributed by atoms with Crippen LogP contribution in [0.25, 0.3) is 0 Å². The molecule has 1 N–H and O–H groups in total. The van der Waals surface area contributed by atoms with E-state index in [1.807, 2.05) is 19.1 Å². The molecule has 1 aliphatic heterocycles. The fourth-order valence-electron chi connectivity index (χ4n) is 2.97. The minimum absolute atomic E-state index is 0.223. The molecule has 1 heterocycles. The number of aliphatic hydroxyl groups is 1. The smallest absolute Gasteiger partial charge is 0.119 e. The highest BCUT2D eigenvalue weighted by molar-refractivity contribution is 5.28. The van der Waals surface area contributed by atoms with Gasteiger partial charge in [-0.1, -0.05) is 12.1 Å². The number of hydrogen-bond acceptors (Lipinski definition) is 4. The highest BCUT2D eigenvalue weighted by Crippen LogP contribution is 2.24. The molecule has 4 nitrogen and oxygen atoms in total. The zero-order valence-corrected chi connectivity index (χ0v) is 13.1. The van der Waals surface area contributed by atoms with Gasteiger partial charge in [-0.25, -0.2) is 0 Å². The fourth-order valence-corrected chi connectivity index (χ4v) is 2.97. The van der Waals surface area contributed by atoms with E-state index in [1.54, 1.807) is 7.11 Å². The monoisotopic (exact) mass is 293 g/mol. The van der Waals surface area contributed by atoms with Crippen molar-refractivity contribution in [1.82, 2.24) is 4.90 Å². The highest BCUT2D eigenvalue weighted by Gasteiger charge is 2.25. The lowest BCUT2D eigenvalue weighted by Gasteiger charge is -2.25. The Morgan fingerprint density at radius 3 is 3.00 bits per heavy atom. The largest absolute Gasteiger partial charge is 0.491 e. The molecule has 0 amide bonds. The van der Waals surface area contributed by atoms with Gasteiger partial charge in [0.1, 0.15) is 12.4 Å². The second-order valence-corrected chi connectivity index (χ2v) is 5.84. The summed E-state index contributed by atoms with van der Waals surface area (Å²) in [6.07, 6.45) is 3.06. The average molecular weight is 293 g/mol. The van der Waals surface area contributed by atoms with Crippen LogP contribution in [0.1, 0.15) is 31.7 Å². The van der Waals surface area contributed by atoms with Gasteiger partial charge in [0, 0.05) is 19.7 Å². The number of rotatable bonds is 8. The summed E-state index contributed by atoms with van der Waals surface area (Å²) in [5, 5.41) is 9.60. The topological polar surface area (TPSA) is 41.9 Å². The second kappa shape index (κ2) is 8.37. The minimum Gasteiger partial charge on any atom is -0.491 e. The van der Waals surface area contributed by atoms with E-state index >= 15 is 0 Å². The summed E-state index contributed by atoms with van der Waals surface area (Å²) in [4.78, 5) is 2.47. The predicted molar refractivity (Wildman–Crippen MR) is 83.5 cm³/mol. The minimum atomic E-state index is -0.223. The van der Waals surface area contributed by atoms with E-state index in [2.05, 4.69) is 17.0 Å². The van der Waals surface area contributed by atoms with Crippen LogP contribution in [-0.2, 0) is 11.3 Å². The summed E-state index contributed by atoms with van der Waals surface area (Å²) in [6, 6.07) is 8.77. The van der Waals surface area contributed by atoms with Gasteiger partial charge in [-0.05, 0) is 50.4 Å². The zero-order chi connectivity index (χ0) is 15.1. The molecule has 2 rings (SSSR count). The number of nitrogens with zero attached hydrogens (tertiary/aromatic N) is 1. The van der Waals surface area contributed by atoms with Crippen LogP contribution < -0.4 is 4.74 Å². The lowest BCUT2D eigenvalue weighted by atomic mass is 10.1. The van der Waals surface area contributed by atoms with Gasteiger partial charge in [0.2, 0.25) is 0 Å². The van der Waals surface area contributed by atoms with E-state index < -0.39 is 0 Å². The van der Waals surface area contributed by atoms with Crippen molar-refractivity contribution in [3.8, 4) is 5.75 Å². The standard InChI is InChI=1S/C17H27NO3/c1-14(19)11-16-6-4-8-18(16)13-15-5-3-7-17(12-15)21-10-9-20-2/h3,5,7,12,14,16,19H,4,6,8-11,13H2,1-2H3. The number of methoxy groups -OCH3 is 1. The molecule has 4 heteroatoms. The molecule has 21 heavy (non-hydrogen) atoms. The van der Waals surface area contributed by atoms with E-state index in [0.717, 1.165) is 25.3 Å². The lowest BCUT2D eigenvalue weighted by Crippen LogP contribution is -2.31. The maximum atomic E-state index is 9.60. The van der Waals surface area contributed by atoms with Crippen molar-refractivity contribution in [2.24, 2.45) is 0 Å². The molecule has 2 unspecified atom stereocenters. The maximum Gasteiger partial charge on any atom is 0.119 e. The molecule has 0 aromatic heterocycles. The first-order valence-electron chi connectivity index (χ1n) is 7.82. The van der Waals surface area contributed by atoms with Crippen LogP contribution in [0.5, 0.6) is 5.75 Å². The molecule has 1 aromatic rings. The number of hydrogen-bond donors (Lipinski definition) is 1. The normalized spacial score (nSPS) is 20.6. The Morgan fingerprint density at radius 1 is 1.38 bits per heavy atom. The van der Waals surface area contributed by atoms with Gasteiger partial charge in [0.05, 0.1) is 12.7 Å². The molecule has 2 atom stereocenters. The van der Waals surface area contributed by atoms with E-state index in [9.17, 15) is 5.11 Å². The molecule has 0 radical (unpaired) electrons. The Hall–Kier alpha value is -1.10. The first-order chi connectivity index (χ1) is 10.2. The molecule has 118 valence electrons. The summed E-state index contributed by atoms with van der Waals surface area (Å²) >= 11 is 0. The highest BCUT2D eigenvalue weighted by atomic mass is 16.5. The third-order valence-electron chi connectivity index (χ3n) is 3.95. The van der Waals surface area contributed by atoms with Gasteiger partial charge in [0.15, 0.2) is 0 Å². The van der Waals surface area contributed by atoms with Crippen LogP contribution >= 0.6 is 0 Å². The molecule has 0 saturated carbocycles. The van der Waals surface area contributed by atoms with Crippen molar-refractivity contribution in [2.45, 2.75) is 44.9 Å². The molecular weight excluding hydrogens is 266 g/mol. The summed E-state index contributed by atoms with van der Waals surface area (Å²) in [5.74, 6) is 0.899. The average Bonchev–Trinajstić information content (AvgIpc) is 2.86. The first kappa shape index (κ1) is 16.3. The molecule has 1 saturated heterocycles. The second-order valence-electron chi connectivity index (χ2n) is 5.84. The van der Waals surface area contributed by atoms with Crippen molar-refractivity contribution < 1.29 is 14.6 Å². The number of ether oxygens (including phenoxy) is 2. The van der Waals surface area contributed by atoms with Crippen LogP contribution in [0.15, 0.2) is 24.3 Å². The molecule has 0 bridgehead atoms. The SMILES string of the molecule is COCCOc1cccc(CN2CCCC2CC(C)O)c1. The number of likely N-dealkylation sites (tertiary alicyclic amines) is 1. The first-order valence-corrected chi connectivity index (χ1v) is 7.82. The summed E-state index contributed by atoms with van der Waals surface area (Å²) in [6.45, 7) is 5.10. The molecule has 0 spiro atoms. The summed E-state index contributed by atoms with van der Waals surface area (Å²) in [7, 11) is 1.68. The summed E-state index contributed by atoms with van der Waals surface area (Å²) < 4.78 is 10.7. The Kier molecular flexibility index (Phi) is 6.49. The molecule has 1 aromatic carbocycles. The third-order valence-corrected chi connectivity index (χ3v) is 3.95. The van der Waals surface area contributed by atoms with Crippen LogP contribution in [-0.4, -0.2) is 49.0 Å². The number of aliphatic hydroxyl groups excluding tert-OH is 1. The van der Waals surface area contributed by atoms with Crippen molar-refractivity contribution >= 4 is 0 Å². The Labute approximate surface area is 127 Å². The Bertz CT molecular complexity index is 422. The van der Waals surface area contributed by atoms with Gasteiger partial charge in [0.25, 0.3) is 0 Å². The van der Waals surface area contributed by atoms with Gasteiger partial charge in [-0.15, -0.1) is 0 Å². The van der Waals surface area contributed by atoms with Gasteiger partial charge in [-0.3, -0.25) is 4.90 Å². The van der Waals surface area contributed by atoms with Gasteiger partial charge >= 0.3 is 0 Å². The maximum absolute atomic E-state index is 9.60. The fraction of sp³-hybridized carbons (Fsp3) is 0.647. The van der Waals surface area contributed by atoms with E-state index in [4.69, 9.17) is 9.47 Å². The lowest BCUT2D eigenvalue weighted by molar-refractivity contribution is 0.130. The van der Waals surface area contributed by atoms with Crippen molar-refractivity contribution in [3.63, 3.8) is 0 Å². The predicted octanol–water partition coefficient (Wildman–Crippen LogP) is 2.45. The quantitative estimate of drug-likeness (QED) is 0.748. The van der Waals surface area contributed by atoms with Crippen molar-refractivity contribution in [1.29, 1.82) is 0 Å². The number of benzene rings is 1. The molecular formula is C17H27NO3. The van der Waals surface area contributed by atoms with Crippen LogP contribution in [0, 0.1) is 0 Å². The van der Waals surface area contributed by atoms with Crippen molar-refractivity contribution in [2.75, 3.05) is 26.9 Å². The molecule has 1 aliphatic rings. The van der Waals surface area contributed by atoms with E-state index in [-0.39, 0.29) is 6.10 Å². The van der Waals surface area contributed by atoms with E-state index in [1.165, 1.54) is 18.4 Å². The summed E-state index contributed by atoms with van der Waals surface area (Å²) in [5.41, 5.74) is 1.27. The zero-order valence-electron chi connectivity index (χ0n) is 13.1. The van der Waals surface area contributed by atoms with Crippen molar-refractivity contribution in [3.05, 3.63) is 29.8 Å². The Balaban J connectivity index is 1.91.